The normalized spacial score (nSPS) is 14.0. The van der Waals surface area contributed by atoms with Gasteiger partial charge < -0.3 is 9.80 Å². The molecule has 2 aromatic heterocycles. The van der Waals surface area contributed by atoms with E-state index in [-0.39, 0.29) is 5.91 Å². The maximum absolute atomic E-state index is 12.7. The number of benzene rings is 1. The van der Waals surface area contributed by atoms with Crippen molar-refractivity contribution in [3.05, 3.63) is 61.4 Å². The van der Waals surface area contributed by atoms with Crippen LogP contribution in [0, 0.1) is 0 Å². The molecule has 1 amide bonds. The highest BCUT2D eigenvalue weighted by Crippen LogP contribution is 2.24. The van der Waals surface area contributed by atoms with Crippen LogP contribution < -0.4 is 4.90 Å². The summed E-state index contributed by atoms with van der Waals surface area (Å²) in [5.41, 5.74) is 0.990. The zero-order valence-electron chi connectivity index (χ0n) is 16.6. The number of carbonyl (C=O) groups is 1. The van der Waals surface area contributed by atoms with Gasteiger partial charge in [0.2, 0.25) is 11.9 Å². The van der Waals surface area contributed by atoms with Crippen molar-refractivity contribution < 1.29 is 4.79 Å². The number of allylic oxidation sites excluding steroid dienone is 1. The van der Waals surface area contributed by atoms with Gasteiger partial charge >= 0.3 is 0 Å². The lowest BCUT2D eigenvalue weighted by Gasteiger charge is -2.34. The molecule has 1 fully saturated rings. The molecule has 0 aliphatic carbocycles. The van der Waals surface area contributed by atoms with Crippen LogP contribution in [0.15, 0.2) is 66.6 Å². The molecule has 9 heteroatoms. The van der Waals surface area contributed by atoms with E-state index in [0.717, 1.165) is 29.6 Å². The van der Waals surface area contributed by atoms with Crippen LogP contribution in [0.25, 0.3) is 11.4 Å². The van der Waals surface area contributed by atoms with Crippen molar-refractivity contribution in [3.63, 3.8) is 0 Å². The second-order valence-corrected chi connectivity index (χ2v) is 7.72. The number of anilines is 1. The molecule has 0 bridgehead atoms. The zero-order valence-corrected chi connectivity index (χ0v) is 17.4. The predicted molar refractivity (Wildman–Crippen MR) is 117 cm³/mol. The van der Waals surface area contributed by atoms with Gasteiger partial charge in [-0.3, -0.25) is 9.36 Å². The molecule has 4 rings (SSSR count). The van der Waals surface area contributed by atoms with E-state index < -0.39 is 0 Å². The summed E-state index contributed by atoms with van der Waals surface area (Å²) in [5, 5.41) is 9.37. The molecule has 3 aromatic rings. The first-order chi connectivity index (χ1) is 14.8. The van der Waals surface area contributed by atoms with Crippen molar-refractivity contribution in [1.29, 1.82) is 0 Å². The third-order valence-electron chi connectivity index (χ3n) is 4.85. The van der Waals surface area contributed by atoms with Crippen LogP contribution in [0.4, 0.5) is 5.95 Å². The number of thioether (sulfide) groups is 1. The molecule has 1 saturated heterocycles. The Morgan fingerprint density at radius 3 is 2.47 bits per heavy atom. The van der Waals surface area contributed by atoms with Crippen LogP contribution in [-0.4, -0.2) is 67.5 Å². The maximum Gasteiger partial charge on any atom is 0.233 e. The lowest BCUT2D eigenvalue weighted by Crippen LogP contribution is -2.49. The number of amides is 1. The number of piperazine rings is 1. The molecule has 3 heterocycles. The van der Waals surface area contributed by atoms with Gasteiger partial charge in [-0.1, -0.05) is 48.2 Å². The van der Waals surface area contributed by atoms with E-state index in [0.29, 0.717) is 31.3 Å². The molecule has 0 N–H and O–H groups in total. The summed E-state index contributed by atoms with van der Waals surface area (Å²) in [6.45, 7) is 7.20. The van der Waals surface area contributed by atoms with E-state index in [4.69, 9.17) is 0 Å². The first kappa shape index (κ1) is 20.1. The second-order valence-electron chi connectivity index (χ2n) is 6.78. The van der Waals surface area contributed by atoms with Crippen LogP contribution in [0.1, 0.15) is 0 Å². The van der Waals surface area contributed by atoms with Gasteiger partial charge in [0.05, 0.1) is 5.75 Å². The van der Waals surface area contributed by atoms with Crippen molar-refractivity contribution in [1.82, 2.24) is 29.6 Å². The average molecular weight is 422 g/mol. The van der Waals surface area contributed by atoms with E-state index in [1.165, 1.54) is 11.8 Å². The monoisotopic (exact) mass is 421 g/mol. The van der Waals surface area contributed by atoms with E-state index in [1.54, 1.807) is 18.5 Å². The predicted octanol–water partition coefficient (Wildman–Crippen LogP) is 2.36. The molecular formula is C21H23N7OS. The van der Waals surface area contributed by atoms with Gasteiger partial charge in [-0.15, -0.1) is 16.8 Å². The second kappa shape index (κ2) is 9.53. The summed E-state index contributed by atoms with van der Waals surface area (Å²) < 4.78 is 1.99. The molecule has 1 aromatic carbocycles. The number of nitrogens with zero attached hydrogens (tertiary/aromatic N) is 7. The standard InChI is InChI=1S/C21H23N7OS/c1-2-11-28-19(17-7-4-3-5-8-17)24-25-21(28)30-16-18(29)26-12-14-27(15-13-26)20-22-9-6-10-23-20/h2-10H,1,11-16H2. The van der Waals surface area contributed by atoms with Crippen LogP contribution in [-0.2, 0) is 11.3 Å². The summed E-state index contributed by atoms with van der Waals surface area (Å²) in [7, 11) is 0. The third kappa shape index (κ3) is 4.51. The molecule has 30 heavy (non-hydrogen) atoms. The van der Waals surface area contributed by atoms with Gasteiger partial charge in [0, 0.05) is 50.7 Å². The lowest BCUT2D eigenvalue weighted by molar-refractivity contribution is -0.128. The van der Waals surface area contributed by atoms with Gasteiger partial charge in [-0.2, -0.15) is 0 Å². The maximum atomic E-state index is 12.7. The third-order valence-corrected chi connectivity index (χ3v) is 5.80. The van der Waals surface area contributed by atoms with E-state index in [9.17, 15) is 4.79 Å². The van der Waals surface area contributed by atoms with Crippen molar-refractivity contribution >= 4 is 23.6 Å². The molecule has 0 atom stereocenters. The Hall–Kier alpha value is -3.20. The van der Waals surface area contributed by atoms with Crippen LogP contribution in [0.3, 0.4) is 0 Å². The first-order valence-electron chi connectivity index (χ1n) is 9.78. The fourth-order valence-corrected chi connectivity index (χ4v) is 4.17. The highest BCUT2D eigenvalue weighted by Gasteiger charge is 2.23. The van der Waals surface area contributed by atoms with E-state index in [1.807, 2.05) is 45.9 Å². The van der Waals surface area contributed by atoms with Gasteiger partial charge in [0.15, 0.2) is 11.0 Å². The Morgan fingerprint density at radius 1 is 1.03 bits per heavy atom. The molecule has 1 aliphatic heterocycles. The molecule has 1 aliphatic rings. The fourth-order valence-electron chi connectivity index (χ4n) is 3.32. The van der Waals surface area contributed by atoms with E-state index >= 15 is 0 Å². The van der Waals surface area contributed by atoms with Gasteiger partial charge in [0.1, 0.15) is 0 Å². The van der Waals surface area contributed by atoms with Gasteiger partial charge in [0.25, 0.3) is 0 Å². The number of carbonyl (C=O) groups excluding carboxylic acids is 1. The lowest BCUT2D eigenvalue weighted by atomic mass is 10.2. The summed E-state index contributed by atoms with van der Waals surface area (Å²) in [6, 6.07) is 11.7. The van der Waals surface area contributed by atoms with Gasteiger partial charge in [-0.25, -0.2) is 9.97 Å². The van der Waals surface area contributed by atoms with Crippen molar-refractivity contribution in [2.45, 2.75) is 11.7 Å². The summed E-state index contributed by atoms with van der Waals surface area (Å²) in [4.78, 5) is 25.3. The van der Waals surface area contributed by atoms with Gasteiger partial charge in [-0.05, 0) is 6.07 Å². The average Bonchev–Trinajstić information content (AvgIpc) is 3.21. The smallest absolute Gasteiger partial charge is 0.233 e. The molecule has 0 saturated carbocycles. The van der Waals surface area contributed by atoms with Crippen molar-refractivity contribution in [3.8, 4) is 11.4 Å². The Balaban J connectivity index is 1.36. The molecule has 0 radical (unpaired) electrons. The number of hydrogen-bond acceptors (Lipinski definition) is 7. The zero-order chi connectivity index (χ0) is 20.8. The van der Waals surface area contributed by atoms with E-state index in [2.05, 4.69) is 31.6 Å². The Kier molecular flexibility index (Phi) is 6.38. The fraction of sp³-hybridized carbons (Fsp3) is 0.286. The topological polar surface area (TPSA) is 80.0 Å². The Labute approximate surface area is 179 Å². The summed E-state index contributed by atoms with van der Waals surface area (Å²) >= 11 is 1.41. The van der Waals surface area contributed by atoms with Crippen molar-refractivity contribution in [2.75, 3.05) is 36.8 Å². The summed E-state index contributed by atoms with van der Waals surface area (Å²) in [6.07, 6.45) is 5.28. The molecular weight excluding hydrogens is 398 g/mol. The number of rotatable bonds is 7. The number of aromatic nitrogens is 5. The van der Waals surface area contributed by atoms with Crippen LogP contribution in [0.2, 0.25) is 0 Å². The Morgan fingerprint density at radius 2 is 1.77 bits per heavy atom. The SMILES string of the molecule is C=CCn1c(SCC(=O)N2CCN(c3ncccn3)CC2)nnc1-c1ccccc1. The summed E-state index contributed by atoms with van der Waals surface area (Å²) in [5.74, 6) is 1.92. The quantitative estimate of drug-likeness (QED) is 0.428. The minimum atomic E-state index is 0.100. The first-order valence-corrected chi connectivity index (χ1v) is 10.8. The number of hydrogen-bond donors (Lipinski definition) is 0. The minimum absolute atomic E-state index is 0.100. The van der Waals surface area contributed by atoms with Crippen LogP contribution >= 0.6 is 11.8 Å². The molecule has 0 unspecified atom stereocenters. The highest BCUT2D eigenvalue weighted by atomic mass is 32.2. The Bertz CT molecular complexity index is 985. The highest BCUT2D eigenvalue weighted by molar-refractivity contribution is 7.99. The molecule has 8 nitrogen and oxygen atoms in total. The van der Waals surface area contributed by atoms with Crippen LogP contribution in [0.5, 0.6) is 0 Å². The molecule has 154 valence electrons. The largest absolute Gasteiger partial charge is 0.338 e. The molecule has 0 spiro atoms. The van der Waals surface area contributed by atoms with Crippen molar-refractivity contribution in [2.24, 2.45) is 0 Å². The minimum Gasteiger partial charge on any atom is -0.338 e.